The Kier molecular flexibility index (Phi) is 11.2. The predicted molar refractivity (Wildman–Crippen MR) is 122 cm³/mol. The number of guanidine groups is 1. The van der Waals surface area contributed by atoms with Crippen molar-refractivity contribution < 1.29 is 14.2 Å². The van der Waals surface area contributed by atoms with E-state index in [-0.39, 0.29) is 47.9 Å². The lowest BCUT2D eigenvalue weighted by Gasteiger charge is -2.27. The van der Waals surface area contributed by atoms with Crippen LogP contribution in [0.4, 0.5) is 4.39 Å². The number of nitrogens with one attached hydrogen (secondary N) is 2. The van der Waals surface area contributed by atoms with Gasteiger partial charge >= 0.3 is 0 Å². The Labute approximate surface area is 185 Å². The molecule has 1 aliphatic heterocycles. The predicted octanol–water partition coefficient (Wildman–Crippen LogP) is 2.39. The molecule has 1 fully saturated rings. The fourth-order valence-electron chi connectivity index (χ4n) is 3.35. The van der Waals surface area contributed by atoms with Gasteiger partial charge < -0.3 is 25.4 Å². The number of hydrogen-bond donors (Lipinski definition) is 3. The largest absolute Gasteiger partial charge is 0.396 e. The first kappa shape index (κ1) is 25.1. The lowest BCUT2D eigenvalue weighted by Crippen LogP contribution is -2.42. The minimum absolute atomic E-state index is 0. The van der Waals surface area contributed by atoms with Gasteiger partial charge in [0.25, 0.3) is 0 Å². The van der Waals surface area contributed by atoms with Gasteiger partial charge in [-0.05, 0) is 51.6 Å². The van der Waals surface area contributed by atoms with Crippen LogP contribution < -0.4 is 10.6 Å². The first-order valence-electron chi connectivity index (χ1n) is 9.62. The number of aliphatic hydroxyl groups is 1. The molecule has 6 nitrogen and oxygen atoms in total. The van der Waals surface area contributed by atoms with Crippen LogP contribution in [-0.2, 0) is 4.74 Å². The van der Waals surface area contributed by atoms with E-state index >= 15 is 0 Å². The van der Waals surface area contributed by atoms with Crippen LogP contribution in [0.25, 0.3) is 0 Å². The number of likely N-dealkylation sites (N-methyl/N-ethyl adjacent to an activating group) is 1. The van der Waals surface area contributed by atoms with E-state index in [0.29, 0.717) is 26.1 Å². The molecule has 0 amide bonds. The normalized spacial score (nSPS) is 20.7. The highest BCUT2D eigenvalue weighted by molar-refractivity contribution is 14.0. The second-order valence-electron chi connectivity index (χ2n) is 7.38. The molecule has 0 bridgehead atoms. The molecule has 0 aliphatic carbocycles. The molecule has 0 saturated carbocycles. The summed E-state index contributed by atoms with van der Waals surface area (Å²) >= 11 is 0. The SMILES string of the molecule is CCNC(=NCC1(CCO)CCOC1)NCC(c1ccc(F)cc1)N(C)C.I. The summed E-state index contributed by atoms with van der Waals surface area (Å²) in [6, 6.07) is 6.71. The van der Waals surface area contributed by atoms with Gasteiger partial charge in [0.1, 0.15) is 5.82 Å². The summed E-state index contributed by atoms with van der Waals surface area (Å²) in [5.74, 6) is 0.516. The fraction of sp³-hybridized carbons (Fsp3) is 0.650. The van der Waals surface area contributed by atoms with Crippen molar-refractivity contribution in [1.82, 2.24) is 15.5 Å². The first-order chi connectivity index (χ1) is 13.0. The standard InChI is InChI=1S/C20H33FN4O2.HI/c1-4-22-19(24-14-20(9-11-26)10-12-27-15-20)23-13-18(25(2)3)16-5-7-17(21)8-6-16;/h5-8,18,26H,4,9-15H2,1-3H3,(H2,22,23,24);1H. The number of benzene rings is 1. The number of halogens is 2. The fourth-order valence-corrected chi connectivity index (χ4v) is 3.35. The number of ether oxygens (including phenoxy) is 1. The van der Waals surface area contributed by atoms with Crippen molar-refractivity contribution >= 4 is 29.9 Å². The quantitative estimate of drug-likeness (QED) is 0.272. The Balaban J connectivity index is 0.00000392. The van der Waals surface area contributed by atoms with Crippen LogP contribution in [0, 0.1) is 11.2 Å². The smallest absolute Gasteiger partial charge is 0.191 e. The van der Waals surface area contributed by atoms with E-state index < -0.39 is 0 Å². The number of aliphatic imine (C=N–C) groups is 1. The molecule has 1 heterocycles. The molecule has 28 heavy (non-hydrogen) atoms. The van der Waals surface area contributed by atoms with Gasteiger partial charge in [-0.2, -0.15) is 0 Å². The van der Waals surface area contributed by atoms with Crippen molar-refractivity contribution in [2.75, 3.05) is 53.6 Å². The van der Waals surface area contributed by atoms with Crippen molar-refractivity contribution in [3.8, 4) is 0 Å². The van der Waals surface area contributed by atoms with Gasteiger partial charge in [0.05, 0.1) is 19.2 Å². The van der Waals surface area contributed by atoms with Crippen LogP contribution >= 0.6 is 24.0 Å². The van der Waals surface area contributed by atoms with Crippen LogP contribution in [0.2, 0.25) is 0 Å². The van der Waals surface area contributed by atoms with Crippen molar-refractivity contribution in [3.63, 3.8) is 0 Å². The van der Waals surface area contributed by atoms with E-state index in [4.69, 9.17) is 9.73 Å². The van der Waals surface area contributed by atoms with Gasteiger partial charge in [-0.25, -0.2) is 4.39 Å². The average Bonchev–Trinajstić information content (AvgIpc) is 3.10. The summed E-state index contributed by atoms with van der Waals surface area (Å²) in [6.45, 7) is 5.58. The van der Waals surface area contributed by atoms with Gasteiger partial charge in [0.15, 0.2) is 5.96 Å². The Morgan fingerprint density at radius 1 is 1.32 bits per heavy atom. The Hall–Kier alpha value is -0.970. The highest BCUT2D eigenvalue weighted by atomic mass is 127. The summed E-state index contributed by atoms with van der Waals surface area (Å²) in [6.07, 6.45) is 1.62. The molecule has 0 radical (unpaired) electrons. The van der Waals surface area contributed by atoms with E-state index in [1.807, 2.05) is 33.2 Å². The molecule has 0 spiro atoms. The molecule has 2 unspecified atom stereocenters. The molecule has 1 saturated heterocycles. The molecule has 3 N–H and O–H groups in total. The van der Waals surface area contributed by atoms with Gasteiger partial charge in [-0.3, -0.25) is 4.99 Å². The number of aliphatic hydroxyl groups excluding tert-OH is 1. The van der Waals surface area contributed by atoms with Gasteiger partial charge in [0, 0.05) is 31.7 Å². The van der Waals surface area contributed by atoms with Crippen molar-refractivity contribution in [2.24, 2.45) is 10.4 Å². The Morgan fingerprint density at radius 2 is 2.04 bits per heavy atom. The molecule has 1 aliphatic rings. The third-order valence-corrected chi connectivity index (χ3v) is 5.08. The molecule has 2 atom stereocenters. The number of hydrogen-bond acceptors (Lipinski definition) is 4. The lowest BCUT2D eigenvalue weighted by atomic mass is 9.84. The van der Waals surface area contributed by atoms with Crippen molar-refractivity contribution in [2.45, 2.75) is 25.8 Å². The second kappa shape index (κ2) is 12.6. The molecule has 2 rings (SSSR count). The zero-order valence-corrected chi connectivity index (χ0v) is 19.4. The second-order valence-corrected chi connectivity index (χ2v) is 7.38. The van der Waals surface area contributed by atoms with E-state index in [2.05, 4.69) is 15.5 Å². The van der Waals surface area contributed by atoms with Crippen LogP contribution in [0.3, 0.4) is 0 Å². The maximum Gasteiger partial charge on any atom is 0.191 e. The zero-order valence-electron chi connectivity index (χ0n) is 17.1. The molecule has 0 aromatic heterocycles. The summed E-state index contributed by atoms with van der Waals surface area (Å²) in [5.41, 5.74) is 0.973. The number of nitrogens with zero attached hydrogens (tertiary/aromatic N) is 2. The maximum absolute atomic E-state index is 13.2. The maximum atomic E-state index is 13.2. The molecule has 1 aromatic rings. The van der Waals surface area contributed by atoms with E-state index in [0.717, 1.165) is 31.1 Å². The molecule has 160 valence electrons. The average molecular weight is 508 g/mol. The van der Waals surface area contributed by atoms with Gasteiger partial charge in [0.2, 0.25) is 0 Å². The topological polar surface area (TPSA) is 69.1 Å². The lowest BCUT2D eigenvalue weighted by molar-refractivity contribution is 0.131. The van der Waals surface area contributed by atoms with Crippen LogP contribution in [0.5, 0.6) is 0 Å². The molecule has 8 heteroatoms. The van der Waals surface area contributed by atoms with Gasteiger partial charge in [-0.15, -0.1) is 24.0 Å². The summed E-state index contributed by atoms with van der Waals surface area (Å²) < 4.78 is 18.8. The highest BCUT2D eigenvalue weighted by Crippen LogP contribution is 2.32. The summed E-state index contributed by atoms with van der Waals surface area (Å²) in [4.78, 5) is 6.85. The Bertz CT molecular complexity index is 592. The summed E-state index contributed by atoms with van der Waals surface area (Å²) in [5, 5.41) is 16.1. The Morgan fingerprint density at radius 3 is 2.57 bits per heavy atom. The monoisotopic (exact) mass is 508 g/mol. The van der Waals surface area contributed by atoms with Crippen LogP contribution in [0.15, 0.2) is 29.3 Å². The summed E-state index contributed by atoms with van der Waals surface area (Å²) in [7, 11) is 4.01. The van der Waals surface area contributed by atoms with Crippen molar-refractivity contribution in [3.05, 3.63) is 35.6 Å². The molecule has 1 aromatic carbocycles. The minimum Gasteiger partial charge on any atom is -0.396 e. The van der Waals surface area contributed by atoms with E-state index in [1.54, 1.807) is 0 Å². The minimum atomic E-state index is -0.230. The zero-order chi connectivity index (χ0) is 19.7. The van der Waals surface area contributed by atoms with E-state index in [1.165, 1.54) is 12.1 Å². The third-order valence-electron chi connectivity index (χ3n) is 5.08. The number of rotatable bonds is 9. The van der Waals surface area contributed by atoms with Crippen molar-refractivity contribution in [1.29, 1.82) is 0 Å². The van der Waals surface area contributed by atoms with E-state index in [9.17, 15) is 9.50 Å². The van der Waals surface area contributed by atoms with Crippen LogP contribution in [-0.4, -0.2) is 69.5 Å². The first-order valence-corrected chi connectivity index (χ1v) is 9.62. The van der Waals surface area contributed by atoms with Gasteiger partial charge in [-0.1, -0.05) is 12.1 Å². The molecular weight excluding hydrogens is 474 g/mol. The van der Waals surface area contributed by atoms with Crippen LogP contribution in [0.1, 0.15) is 31.4 Å². The highest BCUT2D eigenvalue weighted by Gasteiger charge is 2.34. The molecular formula is C20H34FIN4O2. The third kappa shape index (κ3) is 7.46.